The van der Waals surface area contributed by atoms with E-state index in [1.807, 2.05) is 0 Å². The van der Waals surface area contributed by atoms with Crippen molar-refractivity contribution in [2.24, 2.45) is 0 Å². The SMILES string of the molecule is CCC(NS(=O)(=O)c1ccccc1[N+](=O)[O-])C(=O)OC. The van der Waals surface area contributed by atoms with E-state index in [9.17, 15) is 23.3 Å². The van der Waals surface area contributed by atoms with Crippen LogP contribution in [0, 0.1) is 10.1 Å². The molecule has 0 aromatic heterocycles. The number of nitrogens with zero attached hydrogens (tertiary/aromatic N) is 1. The first-order valence-electron chi connectivity index (χ1n) is 5.67. The quantitative estimate of drug-likeness (QED) is 0.472. The maximum absolute atomic E-state index is 12.1. The van der Waals surface area contributed by atoms with Gasteiger partial charge in [-0.3, -0.25) is 14.9 Å². The zero-order valence-electron chi connectivity index (χ0n) is 10.9. The second-order valence-corrected chi connectivity index (χ2v) is 5.51. The summed E-state index contributed by atoms with van der Waals surface area (Å²) < 4.78 is 30.8. The summed E-state index contributed by atoms with van der Waals surface area (Å²) in [6.45, 7) is 1.59. The Balaban J connectivity index is 3.18. The van der Waals surface area contributed by atoms with Gasteiger partial charge in [-0.25, -0.2) is 8.42 Å². The predicted molar refractivity (Wildman–Crippen MR) is 69.5 cm³/mol. The van der Waals surface area contributed by atoms with Crippen LogP contribution >= 0.6 is 0 Å². The van der Waals surface area contributed by atoms with E-state index in [-0.39, 0.29) is 6.42 Å². The monoisotopic (exact) mass is 302 g/mol. The van der Waals surface area contributed by atoms with Gasteiger partial charge in [-0.15, -0.1) is 0 Å². The van der Waals surface area contributed by atoms with Crippen molar-refractivity contribution >= 4 is 21.7 Å². The Labute approximate surface area is 115 Å². The lowest BCUT2D eigenvalue weighted by Crippen LogP contribution is -2.41. The standard InChI is InChI=1S/C11H14N2O6S/c1-3-8(11(14)19-2)12-20(17,18)10-7-5-4-6-9(10)13(15)16/h4-8,12H,3H2,1-2H3. The van der Waals surface area contributed by atoms with Gasteiger partial charge in [0.05, 0.1) is 12.0 Å². The van der Waals surface area contributed by atoms with Gasteiger partial charge in [0.1, 0.15) is 6.04 Å². The van der Waals surface area contributed by atoms with Gasteiger partial charge in [0.2, 0.25) is 10.0 Å². The molecule has 1 N–H and O–H groups in total. The highest BCUT2D eigenvalue weighted by Crippen LogP contribution is 2.23. The zero-order chi connectivity index (χ0) is 15.3. The third-order valence-electron chi connectivity index (χ3n) is 2.54. The summed E-state index contributed by atoms with van der Waals surface area (Å²) in [5.41, 5.74) is -0.556. The molecule has 0 saturated heterocycles. The van der Waals surface area contributed by atoms with Gasteiger partial charge in [-0.2, -0.15) is 4.72 Å². The number of carbonyl (C=O) groups excluding carboxylic acids is 1. The number of nitro benzene ring substituents is 1. The molecule has 0 aliphatic rings. The molecule has 0 radical (unpaired) electrons. The van der Waals surface area contributed by atoms with Crippen molar-refractivity contribution in [2.45, 2.75) is 24.3 Å². The number of carbonyl (C=O) groups is 1. The van der Waals surface area contributed by atoms with Crippen LogP contribution in [0.1, 0.15) is 13.3 Å². The summed E-state index contributed by atoms with van der Waals surface area (Å²) in [5.74, 6) is -0.755. The average molecular weight is 302 g/mol. The summed E-state index contributed by atoms with van der Waals surface area (Å²) in [6, 6.07) is 3.80. The summed E-state index contributed by atoms with van der Waals surface area (Å²) in [6.07, 6.45) is 0.159. The Kier molecular flexibility index (Phi) is 5.17. The van der Waals surface area contributed by atoms with Crippen molar-refractivity contribution in [3.8, 4) is 0 Å². The summed E-state index contributed by atoms with van der Waals surface area (Å²) >= 11 is 0. The molecule has 0 saturated carbocycles. The predicted octanol–water partition coefficient (Wildman–Crippen LogP) is 0.825. The molecule has 0 aliphatic heterocycles. The third kappa shape index (κ3) is 3.52. The normalized spacial score (nSPS) is 12.7. The van der Waals surface area contributed by atoms with Crippen LogP contribution in [0.4, 0.5) is 5.69 Å². The molecular weight excluding hydrogens is 288 g/mol. The highest BCUT2D eigenvalue weighted by atomic mass is 32.2. The van der Waals surface area contributed by atoms with E-state index >= 15 is 0 Å². The molecule has 1 unspecified atom stereocenters. The molecule has 0 heterocycles. The lowest BCUT2D eigenvalue weighted by atomic mass is 10.2. The van der Waals surface area contributed by atoms with Gasteiger partial charge in [-0.1, -0.05) is 19.1 Å². The van der Waals surface area contributed by atoms with Gasteiger partial charge in [-0.05, 0) is 12.5 Å². The first-order chi connectivity index (χ1) is 9.33. The molecule has 20 heavy (non-hydrogen) atoms. The van der Waals surface area contributed by atoms with Crippen LogP contribution in [0.3, 0.4) is 0 Å². The molecule has 1 aromatic carbocycles. The van der Waals surface area contributed by atoms with Gasteiger partial charge in [0, 0.05) is 6.07 Å². The lowest BCUT2D eigenvalue weighted by Gasteiger charge is -2.14. The van der Waals surface area contributed by atoms with Crippen LogP contribution < -0.4 is 4.72 Å². The Morgan fingerprint density at radius 2 is 2.05 bits per heavy atom. The molecule has 0 amide bonds. The van der Waals surface area contributed by atoms with Crippen LogP contribution in [0.5, 0.6) is 0 Å². The van der Waals surface area contributed by atoms with E-state index in [1.165, 1.54) is 12.1 Å². The minimum atomic E-state index is -4.19. The first-order valence-corrected chi connectivity index (χ1v) is 7.15. The van der Waals surface area contributed by atoms with Crippen molar-refractivity contribution < 1.29 is 22.9 Å². The second-order valence-electron chi connectivity index (χ2n) is 3.83. The fourth-order valence-electron chi connectivity index (χ4n) is 1.53. The van der Waals surface area contributed by atoms with Crippen LogP contribution in [0.2, 0.25) is 0 Å². The van der Waals surface area contributed by atoms with Crippen molar-refractivity contribution in [1.29, 1.82) is 0 Å². The van der Waals surface area contributed by atoms with Crippen molar-refractivity contribution in [3.05, 3.63) is 34.4 Å². The fourth-order valence-corrected chi connectivity index (χ4v) is 2.97. The summed E-state index contributed by atoms with van der Waals surface area (Å²) in [4.78, 5) is 20.9. The Bertz CT molecular complexity index is 613. The molecule has 0 aliphatic carbocycles. The maximum atomic E-state index is 12.1. The molecule has 1 aromatic rings. The fraction of sp³-hybridized carbons (Fsp3) is 0.364. The van der Waals surface area contributed by atoms with Gasteiger partial charge >= 0.3 is 5.97 Å². The van der Waals surface area contributed by atoms with E-state index in [2.05, 4.69) is 9.46 Å². The van der Waals surface area contributed by atoms with E-state index < -0.39 is 37.5 Å². The number of nitrogens with one attached hydrogen (secondary N) is 1. The number of ether oxygens (including phenoxy) is 1. The van der Waals surface area contributed by atoms with Crippen molar-refractivity contribution in [2.75, 3.05) is 7.11 Å². The van der Waals surface area contributed by atoms with Crippen LogP contribution in [0.25, 0.3) is 0 Å². The number of para-hydroxylation sites is 1. The highest BCUT2D eigenvalue weighted by molar-refractivity contribution is 7.89. The molecular formula is C11H14N2O6S. The Morgan fingerprint density at radius 1 is 1.45 bits per heavy atom. The summed E-state index contributed by atoms with van der Waals surface area (Å²) in [7, 11) is -3.07. The number of nitro groups is 1. The smallest absolute Gasteiger partial charge is 0.323 e. The molecule has 0 bridgehead atoms. The van der Waals surface area contributed by atoms with Gasteiger partial charge in [0.25, 0.3) is 5.69 Å². The van der Waals surface area contributed by atoms with E-state index in [1.54, 1.807) is 6.92 Å². The molecule has 110 valence electrons. The number of benzene rings is 1. The van der Waals surface area contributed by atoms with Crippen molar-refractivity contribution in [3.63, 3.8) is 0 Å². The minimum Gasteiger partial charge on any atom is -0.468 e. The molecule has 1 rings (SSSR count). The first kappa shape index (κ1) is 16.1. The van der Waals surface area contributed by atoms with Crippen LogP contribution in [-0.2, 0) is 19.6 Å². The third-order valence-corrected chi connectivity index (χ3v) is 4.06. The van der Waals surface area contributed by atoms with Crippen molar-refractivity contribution in [1.82, 2.24) is 4.72 Å². The number of hydrogen-bond donors (Lipinski definition) is 1. The average Bonchev–Trinajstić information content (AvgIpc) is 2.43. The Hall–Kier alpha value is -2.00. The maximum Gasteiger partial charge on any atom is 0.323 e. The highest BCUT2D eigenvalue weighted by Gasteiger charge is 2.30. The molecule has 1 atom stereocenters. The topological polar surface area (TPSA) is 116 Å². The lowest BCUT2D eigenvalue weighted by molar-refractivity contribution is -0.387. The number of esters is 1. The second kappa shape index (κ2) is 6.44. The number of rotatable bonds is 6. The number of hydrogen-bond acceptors (Lipinski definition) is 6. The summed E-state index contributed by atoms with van der Waals surface area (Å²) in [5, 5.41) is 10.8. The molecule has 8 nitrogen and oxygen atoms in total. The van der Waals surface area contributed by atoms with E-state index in [0.29, 0.717) is 0 Å². The number of sulfonamides is 1. The Morgan fingerprint density at radius 3 is 2.55 bits per heavy atom. The van der Waals surface area contributed by atoms with Gasteiger partial charge < -0.3 is 4.74 Å². The minimum absolute atomic E-state index is 0.159. The molecule has 0 fully saturated rings. The van der Waals surface area contributed by atoms with Crippen LogP contribution in [-0.4, -0.2) is 32.5 Å². The van der Waals surface area contributed by atoms with Gasteiger partial charge in [0.15, 0.2) is 4.90 Å². The number of methoxy groups -OCH3 is 1. The van der Waals surface area contributed by atoms with Crippen LogP contribution in [0.15, 0.2) is 29.2 Å². The zero-order valence-corrected chi connectivity index (χ0v) is 11.7. The molecule has 0 spiro atoms. The van der Waals surface area contributed by atoms with E-state index in [0.717, 1.165) is 19.2 Å². The largest absolute Gasteiger partial charge is 0.468 e. The molecule has 9 heteroatoms. The van der Waals surface area contributed by atoms with E-state index in [4.69, 9.17) is 0 Å².